The van der Waals surface area contributed by atoms with Crippen LogP contribution in [0.1, 0.15) is 19.5 Å². The number of rotatable bonds is 6. The Morgan fingerprint density at radius 1 is 0.926 bits per heavy atom. The number of carbonyl (C=O) groups is 2. The van der Waals surface area contributed by atoms with Crippen molar-refractivity contribution in [2.24, 2.45) is 0 Å². The fourth-order valence-electron chi connectivity index (χ4n) is 2.93. The van der Waals surface area contributed by atoms with Crippen molar-refractivity contribution < 1.29 is 23.8 Å². The van der Waals surface area contributed by atoms with E-state index in [1.807, 2.05) is 47.0 Å². The molecule has 0 unspecified atom stereocenters. The number of fused-ring (bicyclic) bond motifs is 1. The number of aromatic nitrogens is 1. The van der Waals surface area contributed by atoms with E-state index in [1.54, 1.807) is 26.0 Å². The summed E-state index contributed by atoms with van der Waals surface area (Å²) >= 11 is 0. The van der Waals surface area contributed by atoms with Crippen molar-refractivity contribution in [1.82, 2.24) is 4.57 Å². The Labute approximate surface area is 157 Å². The molecule has 0 aliphatic heterocycles. The van der Waals surface area contributed by atoms with E-state index in [-0.39, 0.29) is 19.0 Å². The van der Waals surface area contributed by atoms with E-state index in [0.29, 0.717) is 12.4 Å². The van der Waals surface area contributed by atoms with Crippen LogP contribution in [0, 0.1) is 0 Å². The second-order valence-electron chi connectivity index (χ2n) is 5.79. The highest BCUT2D eigenvalue weighted by Gasteiger charge is 2.16. The van der Waals surface area contributed by atoms with Gasteiger partial charge in [-0.3, -0.25) is 4.79 Å². The number of nitrogens with zero attached hydrogens (tertiary/aromatic N) is 1. The van der Waals surface area contributed by atoms with E-state index >= 15 is 0 Å². The summed E-state index contributed by atoms with van der Waals surface area (Å²) in [5, 5.41) is 0.847. The molecule has 0 aliphatic carbocycles. The lowest BCUT2D eigenvalue weighted by Crippen LogP contribution is -2.11. The van der Waals surface area contributed by atoms with Crippen LogP contribution in [-0.4, -0.2) is 29.9 Å². The largest absolute Gasteiger partial charge is 0.513 e. The lowest BCUT2D eigenvalue weighted by molar-refractivity contribution is -0.142. The van der Waals surface area contributed by atoms with Gasteiger partial charge in [-0.15, -0.1) is 0 Å². The van der Waals surface area contributed by atoms with Crippen LogP contribution in [0.25, 0.3) is 16.6 Å². The molecule has 0 fully saturated rings. The molecule has 0 aliphatic rings. The molecule has 0 N–H and O–H groups in total. The third kappa shape index (κ3) is 4.28. The number of para-hydroxylation sites is 1. The van der Waals surface area contributed by atoms with Gasteiger partial charge in [0, 0.05) is 16.8 Å². The minimum Gasteiger partial charge on any atom is -0.466 e. The van der Waals surface area contributed by atoms with E-state index < -0.39 is 6.16 Å². The minimum atomic E-state index is -0.744. The van der Waals surface area contributed by atoms with Gasteiger partial charge in [0.05, 0.1) is 25.2 Å². The molecule has 6 nitrogen and oxygen atoms in total. The third-order valence-electron chi connectivity index (χ3n) is 3.96. The first kappa shape index (κ1) is 18.5. The summed E-state index contributed by atoms with van der Waals surface area (Å²) in [5.41, 5.74) is 2.63. The van der Waals surface area contributed by atoms with Crippen LogP contribution in [0.4, 0.5) is 4.79 Å². The van der Waals surface area contributed by atoms with Gasteiger partial charge in [0.2, 0.25) is 0 Å². The van der Waals surface area contributed by atoms with E-state index in [1.165, 1.54) is 0 Å². The summed E-state index contributed by atoms with van der Waals surface area (Å²) in [6.45, 7) is 4.08. The molecule has 2 aromatic carbocycles. The Morgan fingerprint density at radius 2 is 1.67 bits per heavy atom. The maximum absolute atomic E-state index is 12.0. The molecule has 27 heavy (non-hydrogen) atoms. The number of hydrogen-bond donors (Lipinski definition) is 0. The van der Waals surface area contributed by atoms with Crippen molar-refractivity contribution in [2.45, 2.75) is 20.3 Å². The molecule has 6 heteroatoms. The molecule has 3 aromatic rings. The molecule has 1 heterocycles. The molecule has 140 valence electrons. The molecule has 0 saturated heterocycles. The van der Waals surface area contributed by atoms with Gasteiger partial charge in [-0.25, -0.2) is 4.79 Å². The van der Waals surface area contributed by atoms with Gasteiger partial charge in [-0.05, 0) is 50.2 Å². The summed E-state index contributed by atoms with van der Waals surface area (Å²) < 4.78 is 17.1. The van der Waals surface area contributed by atoms with Crippen LogP contribution in [0.2, 0.25) is 0 Å². The van der Waals surface area contributed by atoms with Crippen molar-refractivity contribution in [3.05, 3.63) is 60.3 Å². The normalized spacial score (nSPS) is 10.6. The molecule has 0 bridgehead atoms. The number of carbonyl (C=O) groups excluding carboxylic acids is 2. The highest BCUT2D eigenvalue weighted by molar-refractivity contribution is 5.87. The summed E-state index contributed by atoms with van der Waals surface area (Å²) in [6, 6.07) is 17.0. The number of esters is 1. The average Bonchev–Trinajstić information content (AvgIpc) is 2.99. The fourth-order valence-corrected chi connectivity index (χ4v) is 2.93. The summed E-state index contributed by atoms with van der Waals surface area (Å²) in [4.78, 5) is 23.6. The molecule has 3 rings (SSSR count). The Hall–Kier alpha value is -3.28. The quantitative estimate of drug-likeness (QED) is 0.481. The molecule has 0 atom stereocenters. The predicted molar refractivity (Wildman–Crippen MR) is 101 cm³/mol. The summed E-state index contributed by atoms with van der Waals surface area (Å²) in [5.74, 6) is 0.0920. The van der Waals surface area contributed by atoms with Crippen LogP contribution in [0.5, 0.6) is 5.75 Å². The van der Waals surface area contributed by atoms with Gasteiger partial charge in [0.1, 0.15) is 5.75 Å². The second-order valence-corrected chi connectivity index (χ2v) is 5.79. The molecule has 0 spiro atoms. The molecular weight excluding hydrogens is 346 g/mol. The Balaban J connectivity index is 2.03. The summed E-state index contributed by atoms with van der Waals surface area (Å²) in [7, 11) is 0. The van der Waals surface area contributed by atoms with E-state index in [2.05, 4.69) is 0 Å². The fraction of sp³-hybridized carbons (Fsp3) is 0.238. The molecule has 1 aromatic heterocycles. The van der Waals surface area contributed by atoms with Crippen LogP contribution in [0.3, 0.4) is 0 Å². The zero-order valence-corrected chi connectivity index (χ0v) is 15.3. The lowest BCUT2D eigenvalue weighted by atomic mass is 10.2. The van der Waals surface area contributed by atoms with E-state index in [4.69, 9.17) is 14.2 Å². The SMILES string of the molecule is CCOC(=O)Cc1cc2cc(OC(=O)OCC)ccc2n1-c1ccccc1. The molecule has 0 radical (unpaired) electrons. The van der Waals surface area contributed by atoms with Crippen LogP contribution < -0.4 is 4.74 Å². The second kappa shape index (κ2) is 8.40. The molecular formula is C21H21NO5. The van der Waals surface area contributed by atoms with Gasteiger partial charge in [0.15, 0.2) is 0 Å². The minimum absolute atomic E-state index is 0.144. The maximum atomic E-state index is 12.0. The first-order chi connectivity index (χ1) is 13.1. The Morgan fingerprint density at radius 3 is 2.37 bits per heavy atom. The van der Waals surface area contributed by atoms with Gasteiger partial charge in [-0.1, -0.05) is 18.2 Å². The molecule has 0 saturated carbocycles. The first-order valence-electron chi connectivity index (χ1n) is 8.82. The van der Waals surface area contributed by atoms with Crippen molar-refractivity contribution in [2.75, 3.05) is 13.2 Å². The Kier molecular flexibility index (Phi) is 5.76. The van der Waals surface area contributed by atoms with E-state index in [0.717, 1.165) is 22.3 Å². The highest BCUT2D eigenvalue weighted by atomic mass is 16.7. The topological polar surface area (TPSA) is 66.8 Å². The smallest absolute Gasteiger partial charge is 0.466 e. The third-order valence-corrected chi connectivity index (χ3v) is 3.96. The number of hydrogen-bond acceptors (Lipinski definition) is 5. The van der Waals surface area contributed by atoms with Gasteiger partial charge < -0.3 is 18.8 Å². The summed E-state index contributed by atoms with van der Waals surface area (Å²) in [6.07, 6.45) is -0.600. The zero-order valence-electron chi connectivity index (χ0n) is 15.3. The van der Waals surface area contributed by atoms with Gasteiger partial charge in [-0.2, -0.15) is 0 Å². The number of ether oxygens (including phenoxy) is 3. The van der Waals surface area contributed by atoms with Crippen LogP contribution >= 0.6 is 0 Å². The standard InChI is InChI=1S/C21H21NO5/c1-3-25-20(23)14-17-12-15-13-18(27-21(24)26-4-2)10-11-19(15)22(17)16-8-6-5-7-9-16/h5-13H,3-4,14H2,1-2H3. The van der Waals surface area contributed by atoms with Crippen molar-refractivity contribution >= 4 is 23.0 Å². The zero-order chi connectivity index (χ0) is 19.2. The monoisotopic (exact) mass is 367 g/mol. The number of benzene rings is 2. The first-order valence-corrected chi connectivity index (χ1v) is 8.82. The Bertz CT molecular complexity index is 946. The average molecular weight is 367 g/mol. The van der Waals surface area contributed by atoms with Gasteiger partial charge >= 0.3 is 12.1 Å². The molecule has 0 amide bonds. The predicted octanol–water partition coefficient (Wildman–Crippen LogP) is 4.27. The van der Waals surface area contributed by atoms with Crippen LogP contribution in [-0.2, 0) is 20.7 Å². The maximum Gasteiger partial charge on any atom is 0.513 e. The van der Waals surface area contributed by atoms with Crippen LogP contribution in [0.15, 0.2) is 54.6 Å². The highest BCUT2D eigenvalue weighted by Crippen LogP contribution is 2.28. The lowest BCUT2D eigenvalue weighted by Gasteiger charge is -2.11. The van der Waals surface area contributed by atoms with E-state index in [9.17, 15) is 9.59 Å². The van der Waals surface area contributed by atoms with Crippen molar-refractivity contribution in [1.29, 1.82) is 0 Å². The van der Waals surface area contributed by atoms with Gasteiger partial charge in [0.25, 0.3) is 0 Å². The van der Waals surface area contributed by atoms with Crippen molar-refractivity contribution in [3.8, 4) is 11.4 Å². The van der Waals surface area contributed by atoms with Crippen molar-refractivity contribution in [3.63, 3.8) is 0 Å².